The van der Waals surface area contributed by atoms with Gasteiger partial charge in [-0.1, -0.05) is 18.2 Å². The number of carbonyl (C=O) groups excluding carboxylic acids is 3. The maximum Gasteiger partial charge on any atom is 0.261 e. The van der Waals surface area contributed by atoms with Crippen LogP contribution in [-0.4, -0.2) is 41.9 Å². The van der Waals surface area contributed by atoms with E-state index in [-0.39, 0.29) is 35.9 Å². The number of benzene rings is 2. The second-order valence-electron chi connectivity index (χ2n) is 6.44. The van der Waals surface area contributed by atoms with E-state index < -0.39 is 0 Å². The minimum absolute atomic E-state index is 0.0990. The molecular weight excluding hydrogens is 332 g/mol. The van der Waals surface area contributed by atoms with Crippen molar-refractivity contribution in [2.24, 2.45) is 0 Å². The monoisotopic (exact) mass is 350 g/mol. The van der Waals surface area contributed by atoms with E-state index in [1.807, 2.05) is 18.2 Å². The van der Waals surface area contributed by atoms with Crippen molar-refractivity contribution in [1.29, 1.82) is 0 Å². The van der Waals surface area contributed by atoms with Crippen LogP contribution in [0, 0.1) is 0 Å². The highest BCUT2D eigenvalue weighted by molar-refractivity contribution is 6.22. The molecule has 1 fully saturated rings. The molecule has 0 spiro atoms. The highest BCUT2D eigenvalue weighted by Gasteiger charge is 2.37. The van der Waals surface area contributed by atoms with Crippen molar-refractivity contribution < 1.29 is 19.1 Å². The molecule has 1 N–H and O–H groups in total. The van der Waals surface area contributed by atoms with Crippen LogP contribution in [0.15, 0.2) is 48.5 Å². The molecule has 132 valence electrons. The summed E-state index contributed by atoms with van der Waals surface area (Å²) in [6, 6.07) is 13.7. The van der Waals surface area contributed by atoms with E-state index in [9.17, 15) is 14.4 Å². The quantitative estimate of drug-likeness (QED) is 0.860. The Morgan fingerprint density at radius 3 is 2.58 bits per heavy atom. The van der Waals surface area contributed by atoms with Gasteiger partial charge in [0.1, 0.15) is 0 Å². The Labute approximate surface area is 150 Å². The van der Waals surface area contributed by atoms with E-state index in [1.54, 1.807) is 24.3 Å². The van der Waals surface area contributed by atoms with E-state index in [0.29, 0.717) is 23.4 Å². The lowest BCUT2D eigenvalue weighted by Gasteiger charge is -2.17. The lowest BCUT2D eigenvalue weighted by Crippen LogP contribution is -2.36. The van der Waals surface area contributed by atoms with Gasteiger partial charge in [0.2, 0.25) is 0 Å². The van der Waals surface area contributed by atoms with Gasteiger partial charge < -0.3 is 10.1 Å². The minimum atomic E-state index is -0.366. The van der Waals surface area contributed by atoms with Crippen LogP contribution in [0.25, 0.3) is 0 Å². The highest BCUT2D eigenvalue weighted by Crippen LogP contribution is 2.26. The van der Waals surface area contributed by atoms with Gasteiger partial charge >= 0.3 is 0 Å². The SMILES string of the molecule is O=C(Nc1ccccc1)c1ccc2c(c1)C(=O)N(CC1CCCO1)C2=O. The molecule has 0 radical (unpaired) electrons. The van der Waals surface area contributed by atoms with Gasteiger partial charge in [0.25, 0.3) is 17.7 Å². The Morgan fingerprint density at radius 2 is 1.85 bits per heavy atom. The van der Waals surface area contributed by atoms with E-state index in [1.165, 1.54) is 11.0 Å². The summed E-state index contributed by atoms with van der Waals surface area (Å²) < 4.78 is 5.53. The number of nitrogens with one attached hydrogen (secondary N) is 1. The number of hydrogen-bond donors (Lipinski definition) is 1. The molecule has 0 aromatic heterocycles. The molecule has 1 atom stereocenters. The molecule has 4 rings (SSSR count). The molecule has 6 nitrogen and oxygen atoms in total. The zero-order valence-corrected chi connectivity index (χ0v) is 14.1. The van der Waals surface area contributed by atoms with E-state index in [2.05, 4.69) is 5.32 Å². The number of amides is 3. The van der Waals surface area contributed by atoms with Gasteiger partial charge in [-0.15, -0.1) is 0 Å². The molecule has 2 aromatic rings. The maximum atomic E-state index is 12.6. The Hall–Kier alpha value is -2.99. The third-order valence-electron chi connectivity index (χ3n) is 4.67. The van der Waals surface area contributed by atoms with Crippen molar-refractivity contribution in [2.45, 2.75) is 18.9 Å². The Balaban J connectivity index is 1.54. The number of fused-ring (bicyclic) bond motifs is 1. The molecule has 26 heavy (non-hydrogen) atoms. The molecule has 2 heterocycles. The summed E-state index contributed by atoms with van der Waals surface area (Å²) >= 11 is 0. The summed E-state index contributed by atoms with van der Waals surface area (Å²) in [5, 5.41) is 2.78. The predicted octanol–water partition coefficient (Wildman–Crippen LogP) is 2.71. The number of imide groups is 1. The second-order valence-corrected chi connectivity index (χ2v) is 6.44. The van der Waals surface area contributed by atoms with Crippen molar-refractivity contribution in [2.75, 3.05) is 18.5 Å². The summed E-state index contributed by atoms with van der Waals surface area (Å²) in [6.07, 6.45) is 1.69. The lowest BCUT2D eigenvalue weighted by atomic mass is 10.1. The van der Waals surface area contributed by atoms with Gasteiger partial charge in [-0.2, -0.15) is 0 Å². The number of rotatable bonds is 4. The highest BCUT2D eigenvalue weighted by atomic mass is 16.5. The average molecular weight is 350 g/mol. The lowest BCUT2D eigenvalue weighted by molar-refractivity contribution is 0.0475. The molecular formula is C20H18N2O4. The van der Waals surface area contributed by atoms with Gasteiger partial charge in [0.15, 0.2) is 0 Å². The molecule has 6 heteroatoms. The Bertz CT molecular complexity index is 873. The van der Waals surface area contributed by atoms with Crippen LogP contribution in [0.2, 0.25) is 0 Å². The van der Waals surface area contributed by atoms with Crippen LogP contribution in [0.1, 0.15) is 43.9 Å². The first-order valence-corrected chi connectivity index (χ1v) is 8.62. The first-order chi connectivity index (χ1) is 12.6. The molecule has 2 aromatic carbocycles. The topological polar surface area (TPSA) is 75.7 Å². The van der Waals surface area contributed by atoms with Crippen LogP contribution < -0.4 is 5.32 Å². The smallest absolute Gasteiger partial charge is 0.261 e. The molecule has 3 amide bonds. The predicted molar refractivity (Wildman–Crippen MR) is 95.2 cm³/mol. The summed E-state index contributed by atoms with van der Waals surface area (Å²) in [7, 11) is 0. The first kappa shape index (κ1) is 16.5. The van der Waals surface area contributed by atoms with Crippen LogP contribution in [-0.2, 0) is 4.74 Å². The third-order valence-corrected chi connectivity index (χ3v) is 4.67. The second kappa shape index (κ2) is 6.72. The maximum absolute atomic E-state index is 12.6. The van der Waals surface area contributed by atoms with Gasteiger partial charge in [0.05, 0.1) is 23.8 Å². The fourth-order valence-corrected chi connectivity index (χ4v) is 3.31. The molecule has 0 aliphatic carbocycles. The average Bonchev–Trinajstić information content (AvgIpc) is 3.25. The van der Waals surface area contributed by atoms with Crippen LogP contribution >= 0.6 is 0 Å². The Morgan fingerprint density at radius 1 is 1.08 bits per heavy atom. The van der Waals surface area contributed by atoms with Crippen LogP contribution in [0.5, 0.6) is 0 Å². The van der Waals surface area contributed by atoms with Gasteiger partial charge in [-0.05, 0) is 43.2 Å². The van der Waals surface area contributed by atoms with Crippen molar-refractivity contribution >= 4 is 23.4 Å². The number of hydrogen-bond acceptors (Lipinski definition) is 4. The zero-order valence-electron chi connectivity index (χ0n) is 14.1. The fourth-order valence-electron chi connectivity index (χ4n) is 3.31. The van der Waals surface area contributed by atoms with E-state index >= 15 is 0 Å². The fraction of sp³-hybridized carbons (Fsp3) is 0.250. The summed E-state index contributed by atoms with van der Waals surface area (Å²) in [6.45, 7) is 0.926. The molecule has 2 aliphatic heterocycles. The van der Waals surface area contributed by atoms with Crippen LogP contribution in [0.4, 0.5) is 5.69 Å². The summed E-state index contributed by atoms with van der Waals surface area (Å²) in [5.41, 5.74) is 1.62. The van der Waals surface area contributed by atoms with E-state index in [0.717, 1.165) is 12.8 Å². The number of nitrogens with zero attached hydrogens (tertiary/aromatic N) is 1. The third kappa shape index (κ3) is 2.99. The molecule has 2 aliphatic rings. The van der Waals surface area contributed by atoms with E-state index in [4.69, 9.17) is 4.74 Å². The van der Waals surface area contributed by atoms with Crippen molar-refractivity contribution in [3.05, 3.63) is 65.2 Å². The standard InChI is InChI=1S/C20H18N2O4/c23-18(21-14-5-2-1-3-6-14)13-8-9-16-17(11-13)20(25)22(19(16)24)12-15-7-4-10-26-15/h1-3,5-6,8-9,11,15H,4,7,10,12H2,(H,21,23). The largest absolute Gasteiger partial charge is 0.376 e. The van der Waals surface area contributed by atoms with Crippen molar-refractivity contribution in [3.8, 4) is 0 Å². The molecule has 0 saturated carbocycles. The number of ether oxygens (including phenoxy) is 1. The minimum Gasteiger partial charge on any atom is -0.376 e. The normalized spacial score (nSPS) is 18.9. The van der Waals surface area contributed by atoms with Crippen LogP contribution in [0.3, 0.4) is 0 Å². The van der Waals surface area contributed by atoms with Gasteiger partial charge in [-0.3, -0.25) is 19.3 Å². The summed E-state index contributed by atoms with van der Waals surface area (Å²) in [4.78, 5) is 38.8. The molecule has 0 bridgehead atoms. The van der Waals surface area contributed by atoms with Gasteiger partial charge in [0, 0.05) is 17.9 Å². The molecule has 1 unspecified atom stereocenters. The Kier molecular flexibility index (Phi) is 4.26. The zero-order chi connectivity index (χ0) is 18.1. The first-order valence-electron chi connectivity index (χ1n) is 8.62. The van der Waals surface area contributed by atoms with Crippen molar-refractivity contribution in [1.82, 2.24) is 4.90 Å². The number of para-hydroxylation sites is 1. The number of carbonyl (C=O) groups is 3. The van der Waals surface area contributed by atoms with Crippen molar-refractivity contribution in [3.63, 3.8) is 0 Å². The molecule has 1 saturated heterocycles. The number of anilines is 1. The van der Waals surface area contributed by atoms with Gasteiger partial charge in [-0.25, -0.2) is 0 Å². The summed E-state index contributed by atoms with van der Waals surface area (Å²) in [5.74, 6) is -1.01.